The highest BCUT2D eigenvalue weighted by Crippen LogP contribution is 2.57. The molecule has 0 aromatic carbocycles. The van der Waals surface area contributed by atoms with Crippen LogP contribution in [0, 0.1) is 17.8 Å². The van der Waals surface area contributed by atoms with Crippen molar-refractivity contribution in [2.24, 2.45) is 17.8 Å². The van der Waals surface area contributed by atoms with Crippen molar-refractivity contribution < 1.29 is 0 Å². The molecule has 0 atom stereocenters. The quantitative estimate of drug-likeness (QED) is 0.830. The molecule has 5 fully saturated rings. The van der Waals surface area contributed by atoms with Crippen LogP contribution < -0.4 is 4.90 Å². The van der Waals surface area contributed by atoms with Crippen molar-refractivity contribution in [3.63, 3.8) is 0 Å². The summed E-state index contributed by atoms with van der Waals surface area (Å²) in [4.78, 5) is 16.4. The molecule has 0 radical (unpaired) electrons. The molecule has 5 nitrogen and oxygen atoms in total. The fourth-order valence-electron chi connectivity index (χ4n) is 6.75. The van der Waals surface area contributed by atoms with Crippen molar-refractivity contribution >= 4 is 5.95 Å². The summed E-state index contributed by atoms with van der Waals surface area (Å²) in [6, 6.07) is 0. The van der Waals surface area contributed by atoms with Crippen LogP contribution in [0.1, 0.15) is 44.1 Å². The molecule has 5 heteroatoms. The van der Waals surface area contributed by atoms with E-state index in [0.29, 0.717) is 5.54 Å². The Kier molecular flexibility index (Phi) is 4.20. The highest BCUT2D eigenvalue weighted by molar-refractivity contribution is 5.26. The van der Waals surface area contributed by atoms with Crippen LogP contribution in [0.4, 0.5) is 5.95 Å². The first-order chi connectivity index (χ1) is 12.6. The van der Waals surface area contributed by atoms with Crippen LogP contribution in [0.2, 0.25) is 0 Å². The van der Waals surface area contributed by atoms with Crippen molar-refractivity contribution in [2.45, 2.75) is 50.6 Å². The lowest BCUT2D eigenvalue weighted by Crippen LogP contribution is -2.63. The Morgan fingerprint density at radius 2 is 1.46 bits per heavy atom. The summed E-state index contributed by atoms with van der Waals surface area (Å²) in [7, 11) is 3.97. The van der Waals surface area contributed by atoms with Crippen molar-refractivity contribution in [2.75, 3.05) is 45.2 Å². The van der Waals surface area contributed by atoms with Crippen LogP contribution in [0.25, 0.3) is 0 Å². The Labute approximate surface area is 157 Å². The maximum absolute atomic E-state index is 4.46. The molecule has 0 N–H and O–H groups in total. The first kappa shape index (κ1) is 16.9. The van der Waals surface area contributed by atoms with Crippen LogP contribution in [-0.4, -0.2) is 65.6 Å². The Hall–Kier alpha value is -1.20. The molecule has 5 aliphatic rings. The Morgan fingerprint density at radius 1 is 0.923 bits per heavy atom. The maximum atomic E-state index is 4.46. The topological polar surface area (TPSA) is 35.5 Å². The van der Waals surface area contributed by atoms with Gasteiger partial charge in [-0.2, -0.15) is 0 Å². The predicted molar refractivity (Wildman–Crippen MR) is 104 cm³/mol. The van der Waals surface area contributed by atoms with Gasteiger partial charge in [0.15, 0.2) is 0 Å². The summed E-state index contributed by atoms with van der Waals surface area (Å²) in [6.45, 7) is 5.88. The number of hydrogen-bond donors (Lipinski definition) is 0. The first-order valence-corrected chi connectivity index (χ1v) is 10.6. The van der Waals surface area contributed by atoms with Crippen molar-refractivity contribution in [1.29, 1.82) is 0 Å². The van der Waals surface area contributed by atoms with E-state index in [9.17, 15) is 0 Å². The van der Waals surface area contributed by atoms with Gasteiger partial charge in [-0.15, -0.1) is 0 Å². The number of piperazine rings is 1. The predicted octanol–water partition coefficient (Wildman–Crippen LogP) is 2.63. The molecule has 1 aromatic rings. The van der Waals surface area contributed by atoms with E-state index < -0.39 is 0 Å². The molecule has 4 bridgehead atoms. The van der Waals surface area contributed by atoms with Crippen LogP contribution in [0.5, 0.6) is 0 Å². The molecule has 1 aliphatic heterocycles. The SMILES string of the molecule is CN(C)c1ncc(CN2CCN(C34CC5CC(CC(C5)C3)C4)CC2)cn1. The molecule has 142 valence electrons. The average Bonchev–Trinajstić information content (AvgIpc) is 2.61. The van der Waals surface area contributed by atoms with E-state index in [1.165, 1.54) is 51.0 Å². The lowest BCUT2D eigenvalue weighted by atomic mass is 9.52. The molecule has 0 unspecified atom stereocenters. The van der Waals surface area contributed by atoms with Gasteiger partial charge >= 0.3 is 0 Å². The van der Waals surface area contributed by atoms with Crippen LogP contribution in [0.3, 0.4) is 0 Å². The summed E-state index contributed by atoms with van der Waals surface area (Å²) >= 11 is 0. The summed E-state index contributed by atoms with van der Waals surface area (Å²) in [5.41, 5.74) is 1.82. The van der Waals surface area contributed by atoms with E-state index in [1.807, 2.05) is 31.4 Å². The second-order valence-electron chi connectivity index (χ2n) is 9.69. The molecule has 0 amide bonds. The molecule has 6 rings (SSSR count). The average molecular weight is 356 g/mol. The number of hydrogen-bond acceptors (Lipinski definition) is 5. The third kappa shape index (κ3) is 3.03. The summed E-state index contributed by atoms with van der Waals surface area (Å²) in [5, 5.41) is 0. The Bertz CT molecular complexity index is 597. The second kappa shape index (κ2) is 6.45. The van der Waals surface area contributed by atoms with E-state index >= 15 is 0 Å². The molecule has 1 saturated heterocycles. The highest BCUT2D eigenvalue weighted by atomic mass is 15.3. The van der Waals surface area contributed by atoms with Crippen molar-refractivity contribution in [3.05, 3.63) is 18.0 Å². The van der Waals surface area contributed by atoms with E-state index in [0.717, 1.165) is 30.2 Å². The summed E-state index contributed by atoms with van der Waals surface area (Å²) in [6.07, 6.45) is 13.1. The minimum absolute atomic E-state index is 0.581. The standard InChI is InChI=1S/C21H33N5/c1-24(2)20-22-13-19(14-23-20)15-25-3-5-26(6-4-25)21-10-16-7-17(11-21)9-18(8-16)12-21/h13-14,16-18H,3-12,15H2,1-2H3. The van der Waals surface area contributed by atoms with E-state index in [-0.39, 0.29) is 0 Å². The fraction of sp³-hybridized carbons (Fsp3) is 0.810. The zero-order valence-electron chi connectivity index (χ0n) is 16.4. The zero-order valence-corrected chi connectivity index (χ0v) is 16.4. The number of anilines is 1. The minimum atomic E-state index is 0.581. The molecule has 4 saturated carbocycles. The van der Waals surface area contributed by atoms with Gasteiger partial charge in [-0.3, -0.25) is 9.80 Å². The minimum Gasteiger partial charge on any atom is -0.347 e. The number of aromatic nitrogens is 2. The van der Waals surface area contributed by atoms with Crippen LogP contribution in [0.15, 0.2) is 12.4 Å². The van der Waals surface area contributed by atoms with Gasteiger partial charge in [0.2, 0.25) is 5.95 Å². The van der Waals surface area contributed by atoms with Gasteiger partial charge in [0, 0.05) is 70.3 Å². The van der Waals surface area contributed by atoms with E-state index in [4.69, 9.17) is 0 Å². The first-order valence-electron chi connectivity index (χ1n) is 10.6. The fourth-order valence-corrected chi connectivity index (χ4v) is 6.75. The van der Waals surface area contributed by atoms with Crippen LogP contribution in [-0.2, 0) is 6.54 Å². The highest BCUT2D eigenvalue weighted by Gasteiger charge is 2.53. The molecule has 1 aromatic heterocycles. The molecule has 26 heavy (non-hydrogen) atoms. The third-order valence-electron chi connectivity index (χ3n) is 7.55. The van der Waals surface area contributed by atoms with Gasteiger partial charge in [0.25, 0.3) is 0 Å². The molecule has 4 aliphatic carbocycles. The van der Waals surface area contributed by atoms with Gasteiger partial charge in [-0.1, -0.05) is 0 Å². The lowest BCUT2D eigenvalue weighted by molar-refractivity contribution is -0.101. The monoisotopic (exact) mass is 355 g/mol. The van der Waals surface area contributed by atoms with Crippen LogP contribution >= 0.6 is 0 Å². The van der Waals surface area contributed by atoms with Gasteiger partial charge < -0.3 is 4.90 Å². The molecule has 2 heterocycles. The van der Waals surface area contributed by atoms with Gasteiger partial charge in [-0.25, -0.2) is 9.97 Å². The molecule has 0 spiro atoms. The third-order valence-corrected chi connectivity index (χ3v) is 7.55. The van der Waals surface area contributed by atoms with Gasteiger partial charge in [0.1, 0.15) is 0 Å². The molecular formula is C21H33N5. The second-order valence-corrected chi connectivity index (χ2v) is 9.69. The summed E-state index contributed by atoms with van der Waals surface area (Å²) in [5.74, 6) is 3.94. The zero-order chi connectivity index (χ0) is 17.7. The summed E-state index contributed by atoms with van der Waals surface area (Å²) < 4.78 is 0. The largest absolute Gasteiger partial charge is 0.347 e. The lowest BCUT2D eigenvalue weighted by Gasteiger charge is -2.61. The van der Waals surface area contributed by atoms with E-state index in [2.05, 4.69) is 19.8 Å². The van der Waals surface area contributed by atoms with Gasteiger partial charge in [-0.05, 0) is 56.3 Å². The maximum Gasteiger partial charge on any atom is 0.224 e. The van der Waals surface area contributed by atoms with Gasteiger partial charge in [0.05, 0.1) is 0 Å². The molecular weight excluding hydrogens is 322 g/mol. The Balaban J connectivity index is 1.19. The van der Waals surface area contributed by atoms with Crippen molar-refractivity contribution in [3.8, 4) is 0 Å². The van der Waals surface area contributed by atoms with E-state index in [1.54, 1.807) is 19.3 Å². The normalized spacial score (nSPS) is 37.2. The number of rotatable bonds is 4. The Morgan fingerprint density at radius 3 is 1.96 bits per heavy atom. The van der Waals surface area contributed by atoms with Crippen molar-refractivity contribution in [1.82, 2.24) is 19.8 Å². The smallest absolute Gasteiger partial charge is 0.224 e. The number of nitrogens with zero attached hydrogens (tertiary/aromatic N) is 5.